The van der Waals surface area contributed by atoms with E-state index in [0.29, 0.717) is 0 Å². The predicted molar refractivity (Wildman–Crippen MR) is 51.7 cm³/mol. The molecule has 2 nitrogen and oxygen atoms in total. The molecule has 1 saturated carbocycles. The lowest BCUT2D eigenvalue weighted by Gasteiger charge is -2.27. The molecule has 0 aromatic carbocycles. The van der Waals surface area contributed by atoms with Crippen LogP contribution >= 0.6 is 11.6 Å². The normalized spacial score (nSPS) is 44.2. The number of allylic oxidation sites excluding steroid dienone is 4. The van der Waals surface area contributed by atoms with Crippen molar-refractivity contribution < 1.29 is 9.59 Å². The van der Waals surface area contributed by atoms with Gasteiger partial charge in [-0.25, -0.2) is 0 Å². The van der Waals surface area contributed by atoms with Gasteiger partial charge in [-0.15, -0.1) is 0 Å². The zero-order valence-electron chi connectivity index (χ0n) is 7.44. The highest BCUT2D eigenvalue weighted by Crippen LogP contribution is 2.51. The highest BCUT2D eigenvalue weighted by molar-refractivity contribution is 6.45. The summed E-state index contributed by atoms with van der Waals surface area (Å²) in [7, 11) is 0. The van der Waals surface area contributed by atoms with Gasteiger partial charge in [0.15, 0.2) is 11.6 Å². The number of hydrogen-bond donors (Lipinski definition) is 0. The summed E-state index contributed by atoms with van der Waals surface area (Å²) in [4.78, 5) is 23.4. The number of hydrogen-bond acceptors (Lipinski definition) is 2. The van der Waals surface area contributed by atoms with Gasteiger partial charge in [0, 0.05) is 17.9 Å². The van der Waals surface area contributed by atoms with Crippen LogP contribution in [0.15, 0.2) is 23.3 Å². The maximum Gasteiger partial charge on any atom is 0.178 e. The summed E-state index contributed by atoms with van der Waals surface area (Å²) in [6.07, 6.45) is 6.39. The van der Waals surface area contributed by atoms with Crippen molar-refractivity contribution in [2.75, 3.05) is 0 Å². The number of carbonyl (C=O) groups is 2. The van der Waals surface area contributed by atoms with Gasteiger partial charge in [0.25, 0.3) is 0 Å². The summed E-state index contributed by atoms with van der Waals surface area (Å²) < 4.78 is 0. The van der Waals surface area contributed by atoms with E-state index < -0.39 is 0 Å². The number of Topliss-reactive ketones (excluding diaryl/α,β-unsaturated/α-hetero) is 1. The monoisotopic (exact) mass is 208 g/mol. The van der Waals surface area contributed by atoms with Crippen molar-refractivity contribution >= 4 is 23.2 Å². The molecule has 3 rings (SSSR count). The van der Waals surface area contributed by atoms with Gasteiger partial charge < -0.3 is 0 Å². The van der Waals surface area contributed by atoms with E-state index in [2.05, 4.69) is 12.2 Å². The van der Waals surface area contributed by atoms with Crippen molar-refractivity contribution in [1.82, 2.24) is 0 Å². The first-order valence-electron chi connectivity index (χ1n) is 4.82. The Morgan fingerprint density at radius 2 is 1.79 bits per heavy atom. The maximum atomic E-state index is 11.8. The molecule has 3 heteroatoms. The van der Waals surface area contributed by atoms with Crippen LogP contribution in [0.3, 0.4) is 0 Å². The van der Waals surface area contributed by atoms with Crippen molar-refractivity contribution in [1.29, 1.82) is 0 Å². The van der Waals surface area contributed by atoms with Crippen LogP contribution in [0, 0.1) is 23.7 Å². The Kier molecular flexibility index (Phi) is 1.55. The van der Waals surface area contributed by atoms with Gasteiger partial charge in [0.05, 0.1) is 5.03 Å². The lowest BCUT2D eigenvalue weighted by atomic mass is 9.75. The van der Waals surface area contributed by atoms with E-state index in [9.17, 15) is 9.59 Å². The van der Waals surface area contributed by atoms with Crippen molar-refractivity contribution in [3.8, 4) is 0 Å². The van der Waals surface area contributed by atoms with Crippen LogP contribution in [0.25, 0.3) is 0 Å². The van der Waals surface area contributed by atoms with E-state index in [0.717, 1.165) is 6.42 Å². The van der Waals surface area contributed by atoms with E-state index in [1.165, 1.54) is 6.08 Å². The zero-order chi connectivity index (χ0) is 9.87. The third-order valence-corrected chi connectivity index (χ3v) is 3.89. The molecule has 0 spiro atoms. The summed E-state index contributed by atoms with van der Waals surface area (Å²) in [5.41, 5.74) is 0. The number of rotatable bonds is 0. The molecule has 0 aromatic heterocycles. The van der Waals surface area contributed by atoms with Crippen molar-refractivity contribution in [2.24, 2.45) is 23.7 Å². The van der Waals surface area contributed by atoms with Gasteiger partial charge in [0.2, 0.25) is 0 Å². The second-order valence-electron chi connectivity index (χ2n) is 4.26. The van der Waals surface area contributed by atoms with E-state index in [4.69, 9.17) is 11.6 Å². The first-order chi connectivity index (χ1) is 6.68. The minimum atomic E-state index is -0.157. The van der Waals surface area contributed by atoms with Gasteiger partial charge >= 0.3 is 0 Å². The molecule has 3 aliphatic rings. The maximum absolute atomic E-state index is 11.8. The van der Waals surface area contributed by atoms with Crippen LogP contribution in [0.5, 0.6) is 0 Å². The highest BCUT2D eigenvalue weighted by Gasteiger charge is 2.52. The molecule has 0 amide bonds. The standard InChI is InChI=1S/C11H9ClO2/c12-7-4-8(13)9-5-1-2-6(3-5)10(9)11(7)14/h1-2,4-6,9-10H,3H2/t5-,6-,9-,10-/m0/s1. The summed E-state index contributed by atoms with van der Waals surface area (Å²) in [6, 6.07) is 0. The summed E-state index contributed by atoms with van der Waals surface area (Å²) in [5.74, 6) is 0.269. The number of ketones is 2. The average molecular weight is 209 g/mol. The van der Waals surface area contributed by atoms with Crippen molar-refractivity contribution in [3.63, 3.8) is 0 Å². The van der Waals surface area contributed by atoms with Gasteiger partial charge in [-0.1, -0.05) is 23.8 Å². The first-order valence-corrected chi connectivity index (χ1v) is 5.20. The van der Waals surface area contributed by atoms with E-state index >= 15 is 0 Å². The van der Waals surface area contributed by atoms with Crippen molar-refractivity contribution in [3.05, 3.63) is 23.3 Å². The molecule has 72 valence electrons. The third-order valence-electron chi connectivity index (χ3n) is 3.59. The fourth-order valence-electron chi connectivity index (χ4n) is 3.02. The Bertz CT molecular complexity index is 394. The topological polar surface area (TPSA) is 34.1 Å². The summed E-state index contributed by atoms with van der Waals surface area (Å²) >= 11 is 5.73. The van der Waals surface area contributed by atoms with Crippen LogP contribution in [-0.4, -0.2) is 11.6 Å². The lowest BCUT2D eigenvalue weighted by Crippen LogP contribution is -2.36. The largest absolute Gasteiger partial charge is 0.294 e. The minimum Gasteiger partial charge on any atom is -0.294 e. The van der Waals surface area contributed by atoms with Crippen LogP contribution < -0.4 is 0 Å². The fourth-order valence-corrected chi connectivity index (χ4v) is 3.25. The average Bonchev–Trinajstić information content (AvgIpc) is 2.73. The molecule has 14 heavy (non-hydrogen) atoms. The molecule has 3 aliphatic carbocycles. The molecule has 0 radical (unpaired) electrons. The summed E-state index contributed by atoms with van der Waals surface area (Å²) in [6.45, 7) is 0. The number of halogens is 1. The Morgan fingerprint density at radius 3 is 2.50 bits per heavy atom. The molecule has 0 saturated heterocycles. The van der Waals surface area contributed by atoms with E-state index in [1.807, 2.05) is 0 Å². The van der Waals surface area contributed by atoms with Gasteiger partial charge in [-0.05, 0) is 18.3 Å². The van der Waals surface area contributed by atoms with Gasteiger partial charge in [0.1, 0.15) is 0 Å². The van der Waals surface area contributed by atoms with E-state index in [-0.39, 0.29) is 40.3 Å². The molecule has 0 aliphatic heterocycles. The SMILES string of the molecule is O=C1C(Cl)=CC(=O)[C@H]2[C@@H]1[C@H]1C=C[C@H]2C1. The molecule has 0 N–H and O–H groups in total. The molecule has 0 aromatic rings. The highest BCUT2D eigenvalue weighted by atomic mass is 35.5. The predicted octanol–water partition coefficient (Wildman–Crippen LogP) is 1.70. The van der Waals surface area contributed by atoms with E-state index in [1.54, 1.807) is 0 Å². The van der Waals surface area contributed by atoms with Crippen molar-refractivity contribution in [2.45, 2.75) is 6.42 Å². The molecule has 1 fully saturated rings. The molecular weight excluding hydrogens is 200 g/mol. The number of fused-ring (bicyclic) bond motifs is 5. The molecule has 2 bridgehead atoms. The Morgan fingerprint density at radius 1 is 1.14 bits per heavy atom. The third kappa shape index (κ3) is 0.871. The minimum absolute atomic E-state index is 0.0342. The molecule has 0 unspecified atom stereocenters. The quantitative estimate of drug-likeness (QED) is 0.568. The second kappa shape index (κ2) is 2.57. The molecular formula is C11H9ClO2. The van der Waals surface area contributed by atoms with Crippen LogP contribution in [-0.2, 0) is 9.59 Å². The molecule has 0 heterocycles. The number of carbonyl (C=O) groups excluding carboxylic acids is 2. The fraction of sp³-hybridized carbons (Fsp3) is 0.455. The Hall–Kier alpha value is -0.890. The second-order valence-corrected chi connectivity index (χ2v) is 4.67. The smallest absolute Gasteiger partial charge is 0.178 e. The Balaban J connectivity index is 2.10. The molecule has 4 atom stereocenters. The van der Waals surface area contributed by atoms with Crippen LogP contribution in [0.2, 0.25) is 0 Å². The van der Waals surface area contributed by atoms with Crippen LogP contribution in [0.4, 0.5) is 0 Å². The Labute approximate surface area is 86.6 Å². The first kappa shape index (κ1) is 8.42. The van der Waals surface area contributed by atoms with Gasteiger partial charge in [-0.2, -0.15) is 0 Å². The summed E-state index contributed by atoms with van der Waals surface area (Å²) in [5, 5.41) is 0.122. The lowest BCUT2D eigenvalue weighted by molar-refractivity contribution is -0.129. The van der Waals surface area contributed by atoms with Crippen LogP contribution in [0.1, 0.15) is 6.42 Å². The zero-order valence-corrected chi connectivity index (χ0v) is 8.20. The van der Waals surface area contributed by atoms with Gasteiger partial charge in [-0.3, -0.25) is 9.59 Å².